The van der Waals surface area contributed by atoms with E-state index in [1.165, 1.54) is 10.4 Å². The summed E-state index contributed by atoms with van der Waals surface area (Å²) in [5.74, 6) is 0. The van der Waals surface area contributed by atoms with Crippen LogP contribution in [0.5, 0.6) is 0 Å². The number of halogens is 2. The maximum absolute atomic E-state index is 6.28. The van der Waals surface area contributed by atoms with Gasteiger partial charge in [-0.15, -0.1) is 11.3 Å². The lowest BCUT2D eigenvalue weighted by Gasteiger charge is -2.14. The van der Waals surface area contributed by atoms with Crippen LogP contribution < -0.4 is 5.73 Å². The number of hydrogen-bond acceptors (Lipinski definition) is 2. The van der Waals surface area contributed by atoms with Gasteiger partial charge in [-0.05, 0) is 70.3 Å². The third-order valence-corrected chi connectivity index (χ3v) is 4.80. The van der Waals surface area contributed by atoms with Gasteiger partial charge in [0, 0.05) is 13.5 Å². The molecular formula is C12H11ClINS. The van der Waals surface area contributed by atoms with Crippen LogP contribution in [-0.2, 0) is 0 Å². The summed E-state index contributed by atoms with van der Waals surface area (Å²) in [6.45, 7) is 2.09. The monoisotopic (exact) mass is 363 g/mol. The van der Waals surface area contributed by atoms with Gasteiger partial charge in [0.05, 0.1) is 6.04 Å². The second-order valence-corrected chi connectivity index (χ2v) is 6.16. The van der Waals surface area contributed by atoms with Crippen LogP contribution in [0.4, 0.5) is 0 Å². The van der Waals surface area contributed by atoms with Crippen LogP contribution in [0.3, 0.4) is 0 Å². The number of aryl methyl sites for hydroxylation is 1. The maximum atomic E-state index is 6.28. The minimum Gasteiger partial charge on any atom is -0.320 e. The molecule has 4 heteroatoms. The summed E-state index contributed by atoms with van der Waals surface area (Å²) in [6, 6.07) is 7.86. The molecule has 0 spiro atoms. The first-order valence-electron chi connectivity index (χ1n) is 4.84. The molecule has 0 aliphatic rings. The van der Waals surface area contributed by atoms with Gasteiger partial charge in [0.25, 0.3) is 0 Å². The summed E-state index contributed by atoms with van der Waals surface area (Å²) in [5, 5.41) is 2.81. The average Bonchev–Trinajstić information content (AvgIpc) is 2.67. The second-order valence-electron chi connectivity index (χ2n) is 3.61. The van der Waals surface area contributed by atoms with E-state index in [0.29, 0.717) is 0 Å². The van der Waals surface area contributed by atoms with Crippen LogP contribution >= 0.6 is 45.5 Å². The van der Waals surface area contributed by atoms with Gasteiger partial charge in [0.15, 0.2) is 0 Å². The van der Waals surface area contributed by atoms with E-state index in [4.69, 9.17) is 17.3 Å². The van der Waals surface area contributed by atoms with E-state index in [1.807, 2.05) is 18.2 Å². The van der Waals surface area contributed by atoms with Crippen molar-refractivity contribution < 1.29 is 0 Å². The SMILES string of the molecule is Cc1ccsc1C(N)c1cc(Cl)ccc1I. The molecule has 0 fully saturated rings. The minimum atomic E-state index is -0.0781. The Labute approximate surface area is 118 Å². The summed E-state index contributed by atoms with van der Waals surface area (Å²) in [5.41, 5.74) is 8.62. The van der Waals surface area contributed by atoms with Gasteiger partial charge in [-0.2, -0.15) is 0 Å². The first-order valence-corrected chi connectivity index (χ1v) is 7.17. The molecular weight excluding hydrogens is 353 g/mol. The first kappa shape index (κ1) is 12.4. The van der Waals surface area contributed by atoms with Crippen LogP contribution in [0, 0.1) is 10.5 Å². The molecule has 1 heterocycles. The normalized spacial score (nSPS) is 12.8. The Bertz CT molecular complexity index is 509. The van der Waals surface area contributed by atoms with Crippen molar-refractivity contribution in [3.8, 4) is 0 Å². The first-order chi connectivity index (χ1) is 7.59. The zero-order chi connectivity index (χ0) is 11.7. The van der Waals surface area contributed by atoms with Crippen molar-refractivity contribution in [1.82, 2.24) is 0 Å². The second kappa shape index (κ2) is 5.04. The average molecular weight is 364 g/mol. The topological polar surface area (TPSA) is 26.0 Å². The van der Waals surface area contributed by atoms with Crippen molar-refractivity contribution in [3.63, 3.8) is 0 Å². The smallest absolute Gasteiger partial charge is 0.0659 e. The Kier molecular flexibility index (Phi) is 3.89. The Balaban J connectivity index is 2.45. The van der Waals surface area contributed by atoms with Crippen molar-refractivity contribution in [2.45, 2.75) is 13.0 Å². The van der Waals surface area contributed by atoms with Crippen LogP contribution in [0.25, 0.3) is 0 Å². The van der Waals surface area contributed by atoms with Crippen LogP contribution in [0.1, 0.15) is 22.0 Å². The molecule has 1 unspecified atom stereocenters. The fraction of sp³-hybridized carbons (Fsp3) is 0.167. The molecule has 2 rings (SSSR count). The molecule has 1 aromatic heterocycles. The molecule has 1 atom stereocenters. The third-order valence-electron chi connectivity index (χ3n) is 2.48. The van der Waals surface area contributed by atoms with Gasteiger partial charge in [0.1, 0.15) is 0 Å². The Morgan fingerprint density at radius 3 is 2.75 bits per heavy atom. The van der Waals surface area contributed by atoms with E-state index in [9.17, 15) is 0 Å². The van der Waals surface area contributed by atoms with Crippen molar-refractivity contribution in [2.24, 2.45) is 5.73 Å². The quantitative estimate of drug-likeness (QED) is 0.788. The van der Waals surface area contributed by atoms with Crippen molar-refractivity contribution in [3.05, 3.63) is 54.2 Å². The van der Waals surface area contributed by atoms with Crippen LogP contribution in [0.15, 0.2) is 29.6 Å². The summed E-state index contributed by atoms with van der Waals surface area (Å²) < 4.78 is 1.15. The number of thiophene rings is 1. The lowest BCUT2D eigenvalue weighted by Crippen LogP contribution is -2.12. The Morgan fingerprint density at radius 2 is 2.12 bits per heavy atom. The Hall–Kier alpha value is -0.100. The van der Waals surface area contributed by atoms with Crippen LogP contribution in [0.2, 0.25) is 5.02 Å². The summed E-state index contributed by atoms with van der Waals surface area (Å²) >= 11 is 10.00. The van der Waals surface area contributed by atoms with Crippen molar-refractivity contribution in [2.75, 3.05) is 0 Å². The highest BCUT2D eigenvalue weighted by Gasteiger charge is 2.15. The summed E-state index contributed by atoms with van der Waals surface area (Å²) in [7, 11) is 0. The van der Waals surface area contributed by atoms with Crippen molar-refractivity contribution in [1.29, 1.82) is 0 Å². The van der Waals surface area contributed by atoms with E-state index < -0.39 is 0 Å². The van der Waals surface area contributed by atoms with Gasteiger partial charge < -0.3 is 5.73 Å². The van der Waals surface area contributed by atoms with Gasteiger partial charge >= 0.3 is 0 Å². The standard InChI is InChI=1S/C12H11ClINS/c1-7-4-5-16-12(7)11(15)9-6-8(13)2-3-10(9)14/h2-6,11H,15H2,1H3. The molecule has 0 amide bonds. The number of nitrogens with two attached hydrogens (primary N) is 1. The summed E-state index contributed by atoms with van der Waals surface area (Å²) in [6.07, 6.45) is 0. The maximum Gasteiger partial charge on any atom is 0.0659 e. The fourth-order valence-corrected chi connectivity index (χ4v) is 3.40. The van der Waals surface area contributed by atoms with Gasteiger partial charge in [-0.3, -0.25) is 0 Å². The summed E-state index contributed by atoms with van der Waals surface area (Å²) in [4.78, 5) is 1.21. The molecule has 0 aliphatic carbocycles. The molecule has 1 aromatic carbocycles. The molecule has 2 N–H and O–H groups in total. The predicted octanol–water partition coefficient (Wildman–Crippen LogP) is 4.36. The van der Waals surface area contributed by atoms with Crippen LogP contribution in [-0.4, -0.2) is 0 Å². The van der Waals surface area contributed by atoms with E-state index >= 15 is 0 Å². The van der Waals surface area contributed by atoms with E-state index in [0.717, 1.165) is 14.2 Å². The molecule has 1 nitrogen and oxygen atoms in total. The Morgan fingerprint density at radius 1 is 1.38 bits per heavy atom. The molecule has 0 saturated heterocycles. The highest BCUT2D eigenvalue weighted by atomic mass is 127. The van der Waals surface area contributed by atoms with Gasteiger partial charge in [0.2, 0.25) is 0 Å². The van der Waals surface area contributed by atoms with E-state index in [2.05, 4.69) is 41.0 Å². The zero-order valence-corrected chi connectivity index (χ0v) is 12.4. The minimum absolute atomic E-state index is 0.0781. The molecule has 16 heavy (non-hydrogen) atoms. The molecule has 84 valence electrons. The third kappa shape index (κ3) is 2.42. The zero-order valence-electron chi connectivity index (χ0n) is 8.71. The number of rotatable bonds is 2. The largest absolute Gasteiger partial charge is 0.320 e. The number of hydrogen-bond donors (Lipinski definition) is 1. The number of benzene rings is 1. The molecule has 0 bridgehead atoms. The molecule has 0 aliphatic heterocycles. The fourth-order valence-electron chi connectivity index (χ4n) is 1.60. The predicted molar refractivity (Wildman–Crippen MR) is 79.3 cm³/mol. The molecule has 2 aromatic rings. The van der Waals surface area contributed by atoms with Gasteiger partial charge in [-0.1, -0.05) is 11.6 Å². The molecule has 0 saturated carbocycles. The highest BCUT2D eigenvalue weighted by Crippen LogP contribution is 2.31. The van der Waals surface area contributed by atoms with E-state index in [1.54, 1.807) is 11.3 Å². The van der Waals surface area contributed by atoms with Gasteiger partial charge in [-0.25, -0.2) is 0 Å². The lowest BCUT2D eigenvalue weighted by atomic mass is 10.0. The lowest BCUT2D eigenvalue weighted by molar-refractivity contribution is 0.879. The van der Waals surface area contributed by atoms with E-state index in [-0.39, 0.29) is 6.04 Å². The van der Waals surface area contributed by atoms with Crippen molar-refractivity contribution >= 4 is 45.5 Å². The highest BCUT2D eigenvalue weighted by molar-refractivity contribution is 14.1. The molecule has 0 radical (unpaired) electrons.